The first-order valence-electron chi connectivity index (χ1n) is 42.0. The van der Waals surface area contributed by atoms with E-state index in [-0.39, 0.29) is 82.1 Å². The quantitative estimate of drug-likeness (QED) is 0.0409. The Morgan fingerprint density at radius 2 is 1.04 bits per heavy atom. The van der Waals surface area contributed by atoms with Gasteiger partial charge in [0.2, 0.25) is 59.1 Å². The number of carbonyl (C=O) groups excluding carboxylic acids is 10. The number of nitrogens with two attached hydrogens (primary N) is 3. The topological polar surface area (TPSA) is 400 Å². The number of carbonyl (C=O) groups is 10. The average molecular weight is 1550 g/mol. The maximum Gasteiger partial charge on any atom is 0.246 e. The SMILES string of the molecule is CCCCCC[C@H]1OC[C@@H](C)NC(=O)[C@H](COc2ccc(CNCCC[C@H]3C(=O)N[C@@H](C4CCCCCC4)C(=O)N[C@@H](CN)C(=O)N[C@@H](COCCCN)C(=O)N[C@H](C)CO[C@H](C[C@@H]4C[C@@H]5CC[C@@H](C5)C4)[C@@H](C)C(=O)N3C)cc2C)NC(=O)[C@H](CN)NC(=O)[C@H](C2CCCCC2)NC(=O)[C@H](CC(C)C)N(C)C(=O)[C@@H]1C. The molecule has 4 saturated carbocycles. The largest absolute Gasteiger partial charge is 0.491 e. The van der Waals surface area contributed by atoms with Crippen LogP contribution in [0.1, 0.15) is 227 Å². The minimum atomic E-state index is -1.31. The number of benzene rings is 1. The molecule has 2 bridgehead atoms. The summed E-state index contributed by atoms with van der Waals surface area (Å²) < 4.78 is 25.5. The van der Waals surface area contributed by atoms with Crippen molar-refractivity contribution in [1.29, 1.82) is 0 Å². The van der Waals surface area contributed by atoms with Gasteiger partial charge < -0.3 is 93.8 Å². The zero-order valence-electron chi connectivity index (χ0n) is 68.1. The maximum absolute atomic E-state index is 15.3. The van der Waals surface area contributed by atoms with E-state index in [1.165, 1.54) is 29.1 Å². The Morgan fingerprint density at radius 3 is 1.56 bits per heavy atom. The van der Waals surface area contributed by atoms with Gasteiger partial charge in [-0.1, -0.05) is 130 Å². The highest BCUT2D eigenvalue weighted by Crippen LogP contribution is 2.46. The second kappa shape index (κ2) is 46.6. The van der Waals surface area contributed by atoms with Gasteiger partial charge in [-0.05, 0) is 170 Å². The lowest BCUT2D eigenvalue weighted by atomic mass is 9.77. The molecular formula is C82H140N14O14. The number of likely N-dealkylation sites (N-methyl/N-ethyl adjacent to an activating group) is 2. The number of unbranched alkanes of at least 4 members (excludes halogenated alkanes) is 3. The van der Waals surface area contributed by atoms with Crippen LogP contribution in [0.5, 0.6) is 5.75 Å². The number of ether oxygens (including phenoxy) is 4. The molecule has 1 aromatic carbocycles. The number of hydrogen-bond acceptors (Lipinski definition) is 18. The third kappa shape index (κ3) is 27.9. The summed E-state index contributed by atoms with van der Waals surface area (Å²) >= 11 is 0. The van der Waals surface area contributed by atoms with Gasteiger partial charge in [-0.3, -0.25) is 47.9 Å². The molecule has 10 amide bonds. The normalized spacial score (nSPS) is 30.9. The van der Waals surface area contributed by atoms with Gasteiger partial charge >= 0.3 is 0 Å². The van der Waals surface area contributed by atoms with E-state index in [2.05, 4.69) is 54.8 Å². The third-order valence-corrected chi connectivity index (χ3v) is 23.9. The summed E-state index contributed by atoms with van der Waals surface area (Å²) in [5, 5.41) is 26.9. The van der Waals surface area contributed by atoms with Crippen LogP contribution in [0.15, 0.2) is 18.2 Å². The van der Waals surface area contributed by atoms with Gasteiger partial charge in [0, 0.05) is 52.4 Å². The van der Waals surface area contributed by atoms with E-state index in [0.717, 1.165) is 94.6 Å². The van der Waals surface area contributed by atoms with Gasteiger partial charge in [-0.25, -0.2) is 0 Å². The van der Waals surface area contributed by atoms with Crippen molar-refractivity contribution in [3.8, 4) is 5.75 Å². The molecule has 0 unspecified atom stereocenters. The molecule has 4 aliphatic carbocycles. The number of hydrogen-bond donors (Lipinski definition) is 12. The van der Waals surface area contributed by atoms with Gasteiger partial charge in [-0.2, -0.15) is 0 Å². The first kappa shape index (κ1) is 90.6. The molecule has 17 atom stereocenters. The minimum Gasteiger partial charge on any atom is -0.491 e. The molecule has 0 spiro atoms. The predicted octanol–water partition coefficient (Wildman–Crippen LogP) is 4.95. The summed E-state index contributed by atoms with van der Waals surface area (Å²) in [5.74, 6) is -5.11. The highest BCUT2D eigenvalue weighted by Gasteiger charge is 2.44. The zero-order valence-corrected chi connectivity index (χ0v) is 68.1. The summed E-state index contributed by atoms with van der Waals surface area (Å²) in [5.41, 5.74) is 19.8. The smallest absolute Gasteiger partial charge is 0.246 e. The predicted molar refractivity (Wildman–Crippen MR) is 422 cm³/mol. The maximum atomic E-state index is 15.3. The Labute approximate surface area is 655 Å². The molecule has 0 aromatic heterocycles. The zero-order chi connectivity index (χ0) is 80.0. The van der Waals surface area contributed by atoms with Crippen LogP contribution >= 0.6 is 0 Å². The van der Waals surface area contributed by atoms with E-state index in [1.54, 1.807) is 34.0 Å². The highest BCUT2D eigenvalue weighted by atomic mass is 16.5. The van der Waals surface area contributed by atoms with Crippen molar-refractivity contribution in [3.63, 3.8) is 0 Å². The van der Waals surface area contributed by atoms with Crippen molar-refractivity contribution in [2.24, 2.45) is 64.5 Å². The third-order valence-electron chi connectivity index (χ3n) is 23.9. The fourth-order valence-corrected chi connectivity index (χ4v) is 17.3. The van der Waals surface area contributed by atoms with Crippen LogP contribution in [0.2, 0.25) is 0 Å². The minimum absolute atomic E-state index is 0.0178. The molecule has 110 heavy (non-hydrogen) atoms. The molecule has 2 saturated heterocycles. The first-order chi connectivity index (χ1) is 52.7. The second-order valence-electron chi connectivity index (χ2n) is 33.5. The van der Waals surface area contributed by atoms with Gasteiger partial charge in [0.05, 0.1) is 43.9 Å². The summed E-state index contributed by atoms with van der Waals surface area (Å²) in [4.78, 5) is 149. The fourth-order valence-electron chi connectivity index (χ4n) is 17.3. The molecule has 28 nitrogen and oxygen atoms in total. The summed E-state index contributed by atoms with van der Waals surface area (Å²) in [6, 6.07) is -4.67. The number of nitrogens with one attached hydrogen (secondary N) is 9. The van der Waals surface area contributed by atoms with Gasteiger partial charge in [0.1, 0.15) is 60.7 Å². The molecule has 15 N–H and O–H groups in total. The number of amides is 10. The lowest BCUT2D eigenvalue weighted by Gasteiger charge is -2.36. The van der Waals surface area contributed by atoms with E-state index in [9.17, 15) is 38.4 Å². The van der Waals surface area contributed by atoms with Crippen LogP contribution in [-0.2, 0) is 68.7 Å². The van der Waals surface area contributed by atoms with Crippen molar-refractivity contribution >= 4 is 59.1 Å². The second-order valence-corrected chi connectivity index (χ2v) is 33.5. The van der Waals surface area contributed by atoms with Crippen molar-refractivity contribution in [2.45, 2.75) is 302 Å². The Hall–Kier alpha value is -6.56. The monoisotopic (exact) mass is 1550 g/mol. The number of nitrogens with zero attached hydrogens (tertiary/aromatic N) is 2. The van der Waals surface area contributed by atoms with Gasteiger partial charge in [0.15, 0.2) is 0 Å². The van der Waals surface area contributed by atoms with Crippen molar-refractivity contribution in [2.75, 3.05) is 73.3 Å². The van der Waals surface area contributed by atoms with Crippen molar-refractivity contribution in [3.05, 3.63) is 29.3 Å². The van der Waals surface area contributed by atoms with Crippen LogP contribution in [0, 0.1) is 54.3 Å². The molecule has 622 valence electrons. The number of rotatable bonds is 27. The van der Waals surface area contributed by atoms with Crippen LogP contribution in [0.3, 0.4) is 0 Å². The Bertz CT molecular complexity index is 3090. The molecule has 2 aliphatic heterocycles. The molecule has 1 aromatic rings. The van der Waals surface area contributed by atoms with E-state index in [1.807, 2.05) is 46.8 Å². The van der Waals surface area contributed by atoms with Crippen LogP contribution < -0.4 is 69.8 Å². The van der Waals surface area contributed by atoms with E-state index < -0.39 is 132 Å². The number of fused-ring (bicyclic) bond motifs is 2. The lowest BCUT2D eigenvalue weighted by molar-refractivity contribution is -0.147. The number of aryl methyl sites for hydroxylation is 1. The molecule has 28 heteroatoms. The lowest BCUT2D eigenvalue weighted by Crippen LogP contribution is -2.62. The first-order valence-corrected chi connectivity index (χ1v) is 42.0. The molecule has 7 rings (SSSR count). The molecule has 6 fully saturated rings. The van der Waals surface area contributed by atoms with Crippen molar-refractivity contribution < 1.29 is 66.9 Å². The summed E-state index contributed by atoms with van der Waals surface area (Å²) in [7, 11) is 3.28. The van der Waals surface area contributed by atoms with Gasteiger partial charge in [-0.15, -0.1) is 0 Å². The Kier molecular flexibility index (Phi) is 38.4. The summed E-state index contributed by atoms with van der Waals surface area (Å²) in [6.07, 6.45) is 20.0. The molecule has 2 heterocycles. The highest BCUT2D eigenvalue weighted by molar-refractivity contribution is 5.98. The Morgan fingerprint density at radius 1 is 0.536 bits per heavy atom. The van der Waals surface area contributed by atoms with Crippen LogP contribution in [-0.4, -0.2) is 215 Å². The van der Waals surface area contributed by atoms with Crippen LogP contribution in [0.25, 0.3) is 0 Å². The van der Waals surface area contributed by atoms with Gasteiger partial charge in [0.25, 0.3) is 0 Å². The van der Waals surface area contributed by atoms with E-state index in [4.69, 9.17) is 36.1 Å². The molecule has 0 radical (unpaired) electrons. The van der Waals surface area contributed by atoms with Crippen molar-refractivity contribution in [1.82, 2.24) is 57.7 Å². The standard InChI is InChI=1S/C82H140N14O14/c1-11-12-13-21-29-69-54(7)81(105)96(10)67(37-50(2)3)78(102)94-72(61-26-19-16-20-27-61)80(104)90-63(44-85)74(98)92-65(76(100)88-52(5)46-108-69)49-110-68-33-32-58(38-51(68)4)45-86-35-22-28-66-77(101)93-71(60-24-17-14-15-18-25-60)79(103)89-62(43-84)73(97)91-64(48-107-36-23-34-83)75(99)87-53(6)47-109-70(55(8)82(106)95(66)9)42-59-40-56-30-31-57(39-56)41-59/h32-33,38,50,52-57,59-67,69-72,86H,11-31,34-37,39-49,83-85H2,1-10H3,(H,87,99)(H,88,100)(H,89,103)(H,90,104)(H,91,97)(H,92,98)(H,93,101)(H,94,102)/t52-,53-,54-,55-,56-,57+,59-,62+,63+,64+,65+,66+,67+,69-,70-,71+,72+/m1/s1. The molecule has 6 aliphatic rings. The van der Waals surface area contributed by atoms with E-state index >= 15 is 9.59 Å². The van der Waals surface area contributed by atoms with E-state index in [0.29, 0.717) is 101 Å². The van der Waals surface area contributed by atoms with Crippen LogP contribution in [0.4, 0.5) is 0 Å². The summed E-state index contributed by atoms with van der Waals surface area (Å²) in [6.45, 7) is 15.6. The molecular weight excluding hydrogens is 1400 g/mol. The fraction of sp³-hybridized carbons (Fsp3) is 0.805. The Balaban J connectivity index is 1.09. The average Bonchev–Trinajstić information content (AvgIpc) is 1.25.